The highest BCUT2D eigenvalue weighted by atomic mass is 127. The summed E-state index contributed by atoms with van der Waals surface area (Å²) in [6, 6.07) is 2.49. The molecule has 33 heavy (non-hydrogen) atoms. The molecule has 12 heteroatoms. The summed E-state index contributed by atoms with van der Waals surface area (Å²) in [5.74, 6) is -0.859. The molecule has 2 heterocycles. The van der Waals surface area contributed by atoms with Crippen LogP contribution >= 0.6 is 44.3 Å². The summed E-state index contributed by atoms with van der Waals surface area (Å²) >= 11 is 5.39. The second-order valence-corrected chi connectivity index (χ2v) is 10.9. The number of carbonyl (C=O) groups is 2. The van der Waals surface area contributed by atoms with Crippen molar-refractivity contribution in [2.45, 2.75) is 39.2 Å². The van der Waals surface area contributed by atoms with E-state index in [1.165, 1.54) is 12.1 Å². The molecule has 2 aromatic rings. The molecule has 3 N–H and O–H groups in total. The molecule has 0 spiro atoms. The topological polar surface area (TPSA) is 113 Å². The van der Waals surface area contributed by atoms with E-state index in [9.17, 15) is 14.0 Å². The van der Waals surface area contributed by atoms with Gasteiger partial charge in [0.05, 0.1) is 29.2 Å². The second-order valence-electron chi connectivity index (χ2n) is 8.08. The van der Waals surface area contributed by atoms with Crippen molar-refractivity contribution in [3.63, 3.8) is 0 Å². The van der Waals surface area contributed by atoms with Crippen LogP contribution in [-0.4, -0.2) is 35.3 Å². The molecule has 0 radical (unpaired) electrons. The fraction of sp³-hybridized carbons (Fsp3) is 0.333. The van der Waals surface area contributed by atoms with Crippen LogP contribution in [0.5, 0.6) is 5.75 Å². The van der Waals surface area contributed by atoms with Gasteiger partial charge in [0.15, 0.2) is 11.5 Å². The number of hydrogen-bond acceptors (Lipinski definition) is 7. The number of ether oxygens (including phenoxy) is 2. The number of fused-ring (bicyclic) bond motifs is 1. The summed E-state index contributed by atoms with van der Waals surface area (Å²) in [4.78, 5) is 30.8. The van der Waals surface area contributed by atoms with Gasteiger partial charge in [-0.3, -0.25) is 10.1 Å². The molecule has 1 amide bonds. The van der Waals surface area contributed by atoms with Crippen LogP contribution in [-0.2, 0) is 11.2 Å². The maximum Gasteiger partial charge on any atom is 0.412 e. The predicted molar refractivity (Wildman–Crippen MR) is 139 cm³/mol. The molecule has 1 aliphatic heterocycles. The highest BCUT2D eigenvalue weighted by Gasteiger charge is 2.31. The summed E-state index contributed by atoms with van der Waals surface area (Å²) in [5.41, 5.74) is 0.208. The van der Waals surface area contributed by atoms with Crippen molar-refractivity contribution in [2.24, 2.45) is 0 Å². The fourth-order valence-electron chi connectivity index (χ4n) is 3.31. The Bertz CT molecular complexity index is 1130. The van der Waals surface area contributed by atoms with E-state index in [4.69, 9.17) is 14.9 Å². The van der Waals surface area contributed by atoms with Crippen molar-refractivity contribution < 1.29 is 23.5 Å². The van der Waals surface area contributed by atoms with E-state index in [1.54, 1.807) is 20.8 Å². The van der Waals surface area contributed by atoms with Gasteiger partial charge in [0, 0.05) is 23.7 Å². The van der Waals surface area contributed by atoms with Gasteiger partial charge < -0.3 is 20.0 Å². The van der Waals surface area contributed by atoms with E-state index < -0.39 is 23.3 Å². The van der Waals surface area contributed by atoms with Gasteiger partial charge in [0.25, 0.3) is 0 Å². The molecule has 0 fully saturated rings. The Balaban J connectivity index is 2.20. The Morgan fingerprint density at radius 2 is 2.09 bits per heavy atom. The number of aryl methyl sites for hydroxylation is 1. The van der Waals surface area contributed by atoms with Crippen LogP contribution in [0.3, 0.4) is 0 Å². The van der Waals surface area contributed by atoms with E-state index in [0.717, 1.165) is 12.6 Å². The summed E-state index contributed by atoms with van der Waals surface area (Å²) < 4.78 is 25.8. The Labute approximate surface area is 213 Å². The molecule has 1 aromatic heterocycles. The van der Waals surface area contributed by atoms with Gasteiger partial charge >= 0.3 is 6.09 Å². The van der Waals surface area contributed by atoms with E-state index in [0.29, 0.717) is 18.7 Å². The van der Waals surface area contributed by atoms with Crippen molar-refractivity contribution in [3.8, 4) is 5.75 Å². The number of nitrogens with one attached hydrogen (secondary N) is 3. The van der Waals surface area contributed by atoms with E-state index in [-0.39, 0.29) is 44.8 Å². The molecule has 0 saturated carbocycles. The first kappa shape index (κ1) is 25.8. The van der Waals surface area contributed by atoms with E-state index >= 15 is 0 Å². The minimum Gasteiger partial charge on any atom is -0.491 e. The highest BCUT2D eigenvalue weighted by molar-refractivity contribution is 14.2. The standard InChI is InChI=1S/C21H22BrFIN4O4P/c1-21(2,3)32-20(30)27-16-14(18-13(26-19(16)22)5-4-8-31-18)17(29)10-6-7-12(23)15(28-33-24)11(10)9-25/h6-7,9,25,28,33H,4-5,8H2,1-3H3,(H,27,30). The summed E-state index contributed by atoms with van der Waals surface area (Å²) in [7, 11) is 0. The third-order valence-corrected chi connectivity index (χ3v) is 6.32. The number of rotatable bonds is 6. The maximum atomic E-state index is 14.4. The number of halogens is 3. The SMILES string of the molecule is CC(C)(C)OC(=O)Nc1c(Br)nc2c(c1C(=O)c1ccc(F)c(NPI)c1C=N)OCCC2. The van der Waals surface area contributed by atoms with Gasteiger partial charge in [-0.05, 0) is 83.7 Å². The quantitative estimate of drug-likeness (QED) is 0.112. The van der Waals surface area contributed by atoms with Gasteiger partial charge in [-0.15, -0.1) is 0 Å². The third-order valence-electron chi connectivity index (χ3n) is 4.59. The fourth-order valence-corrected chi connectivity index (χ4v) is 4.98. The van der Waals surface area contributed by atoms with Gasteiger partial charge in [0.1, 0.15) is 16.0 Å². The van der Waals surface area contributed by atoms with Crippen LogP contribution in [0.2, 0.25) is 0 Å². The number of ketones is 1. The van der Waals surface area contributed by atoms with Gasteiger partial charge in [-0.25, -0.2) is 14.2 Å². The Morgan fingerprint density at radius 3 is 2.73 bits per heavy atom. The lowest BCUT2D eigenvalue weighted by molar-refractivity contribution is 0.0635. The van der Waals surface area contributed by atoms with Gasteiger partial charge in [0.2, 0.25) is 0 Å². The summed E-state index contributed by atoms with van der Waals surface area (Å²) in [6.45, 7) is 5.54. The third kappa shape index (κ3) is 5.81. The lowest BCUT2D eigenvalue weighted by Crippen LogP contribution is -2.28. The van der Waals surface area contributed by atoms with Crippen LogP contribution in [0.4, 0.5) is 20.6 Å². The highest BCUT2D eigenvalue weighted by Crippen LogP contribution is 2.40. The lowest BCUT2D eigenvalue weighted by Gasteiger charge is -2.24. The van der Waals surface area contributed by atoms with Crippen molar-refractivity contribution in [1.29, 1.82) is 5.41 Å². The normalized spacial score (nSPS) is 13.3. The van der Waals surface area contributed by atoms with Crippen molar-refractivity contribution >= 4 is 73.8 Å². The first-order chi connectivity index (χ1) is 15.6. The number of anilines is 2. The largest absolute Gasteiger partial charge is 0.491 e. The molecule has 1 aliphatic rings. The number of amides is 1. The molecule has 3 rings (SSSR count). The monoisotopic (exact) mass is 650 g/mol. The molecule has 8 nitrogen and oxygen atoms in total. The average Bonchev–Trinajstić information content (AvgIpc) is 2.74. The van der Waals surface area contributed by atoms with Gasteiger partial charge in [-0.1, -0.05) is 0 Å². The Hall–Kier alpha value is -1.85. The number of benzene rings is 1. The zero-order valence-electron chi connectivity index (χ0n) is 18.1. The molecular weight excluding hydrogens is 629 g/mol. The molecule has 0 bridgehead atoms. The summed E-state index contributed by atoms with van der Waals surface area (Å²) in [5, 5.41) is 13.3. The molecule has 1 unspecified atom stereocenters. The van der Waals surface area contributed by atoms with E-state index in [2.05, 4.69) is 31.3 Å². The van der Waals surface area contributed by atoms with Crippen molar-refractivity contribution in [1.82, 2.24) is 4.98 Å². The van der Waals surface area contributed by atoms with E-state index in [1.807, 2.05) is 22.0 Å². The number of nitrogens with zero attached hydrogens (tertiary/aromatic N) is 1. The molecule has 176 valence electrons. The summed E-state index contributed by atoms with van der Waals surface area (Å²) in [6.07, 6.45) is 1.61. The zero-order valence-corrected chi connectivity index (χ0v) is 22.8. The maximum absolute atomic E-state index is 14.4. The molecule has 0 aliphatic carbocycles. The molecular formula is C21H22BrFIN4O4P. The van der Waals surface area contributed by atoms with Crippen LogP contribution in [0.15, 0.2) is 16.7 Å². The second kappa shape index (κ2) is 10.6. The number of hydrogen-bond donors (Lipinski definition) is 3. The van der Waals surface area contributed by atoms with Crippen LogP contribution in [0.25, 0.3) is 0 Å². The molecule has 1 aromatic carbocycles. The Kier molecular flexibility index (Phi) is 8.28. The minimum absolute atomic E-state index is 0.0631. The number of carbonyl (C=O) groups excluding carboxylic acids is 2. The first-order valence-corrected chi connectivity index (χ1v) is 14.8. The first-order valence-electron chi connectivity index (χ1n) is 9.92. The van der Waals surface area contributed by atoms with Crippen molar-refractivity contribution in [2.75, 3.05) is 17.0 Å². The minimum atomic E-state index is -0.769. The zero-order chi connectivity index (χ0) is 24.3. The smallest absolute Gasteiger partial charge is 0.412 e. The molecule has 0 saturated heterocycles. The Morgan fingerprint density at radius 1 is 1.36 bits per heavy atom. The predicted octanol–water partition coefficient (Wildman–Crippen LogP) is 6.24. The number of pyridine rings is 1. The van der Waals surface area contributed by atoms with Gasteiger partial charge in [-0.2, -0.15) is 0 Å². The van der Waals surface area contributed by atoms with Crippen LogP contribution in [0, 0.1) is 11.2 Å². The molecule has 1 atom stereocenters. The number of aromatic nitrogens is 1. The van der Waals surface area contributed by atoms with Crippen LogP contribution < -0.4 is 15.1 Å². The van der Waals surface area contributed by atoms with Crippen molar-refractivity contribution in [3.05, 3.63) is 44.9 Å². The average molecular weight is 651 g/mol. The van der Waals surface area contributed by atoms with Crippen LogP contribution in [0.1, 0.15) is 54.4 Å². The lowest BCUT2D eigenvalue weighted by atomic mass is 9.94.